The molecule has 1 N–H and O–H groups in total. The molecule has 3 aromatic rings. The van der Waals surface area contributed by atoms with Gasteiger partial charge in [-0.25, -0.2) is 16.8 Å². The van der Waals surface area contributed by atoms with Crippen molar-refractivity contribution in [2.45, 2.75) is 41.1 Å². The van der Waals surface area contributed by atoms with E-state index in [2.05, 4.69) is 15.5 Å². The fourth-order valence-electron chi connectivity index (χ4n) is 2.65. The molecular formula is C20H21N3O6S2. The summed E-state index contributed by atoms with van der Waals surface area (Å²) in [7, 11) is -7.04. The predicted molar refractivity (Wildman–Crippen MR) is 113 cm³/mol. The fourth-order valence-corrected chi connectivity index (χ4v) is 4.89. The third-order valence-electron chi connectivity index (χ3n) is 4.37. The lowest BCUT2D eigenvalue weighted by Crippen LogP contribution is -2.16. The molecule has 0 unspecified atom stereocenters. The second-order valence-corrected chi connectivity index (χ2v) is 11.5. The van der Waals surface area contributed by atoms with Crippen LogP contribution in [-0.4, -0.2) is 38.2 Å². The van der Waals surface area contributed by atoms with Crippen LogP contribution in [0.1, 0.15) is 25.3 Å². The summed E-state index contributed by atoms with van der Waals surface area (Å²) in [4.78, 5) is 12.5. The van der Waals surface area contributed by atoms with Crippen molar-refractivity contribution >= 4 is 31.6 Å². The van der Waals surface area contributed by atoms with Crippen molar-refractivity contribution in [2.75, 3.05) is 5.32 Å². The summed E-state index contributed by atoms with van der Waals surface area (Å²) in [6.45, 7) is 3.20. The molecule has 31 heavy (non-hydrogen) atoms. The van der Waals surface area contributed by atoms with Crippen LogP contribution >= 0.6 is 0 Å². The molecule has 0 spiro atoms. The molecule has 0 aliphatic heterocycles. The number of anilines is 1. The highest BCUT2D eigenvalue weighted by Gasteiger charge is 2.21. The molecule has 0 aliphatic carbocycles. The molecule has 1 amide bonds. The number of carbonyl (C=O) groups is 1. The number of sulfone groups is 2. The van der Waals surface area contributed by atoms with E-state index >= 15 is 0 Å². The molecule has 3 rings (SSSR count). The molecule has 0 saturated carbocycles. The van der Waals surface area contributed by atoms with Gasteiger partial charge in [0, 0.05) is 0 Å². The van der Waals surface area contributed by atoms with E-state index in [4.69, 9.17) is 4.42 Å². The second-order valence-electron chi connectivity index (χ2n) is 7.04. The van der Waals surface area contributed by atoms with Gasteiger partial charge in [-0.3, -0.25) is 10.1 Å². The summed E-state index contributed by atoms with van der Waals surface area (Å²) < 4.78 is 54.2. The molecular weight excluding hydrogens is 442 g/mol. The Morgan fingerprint density at radius 3 is 2.19 bits per heavy atom. The molecule has 1 heterocycles. The number of hydrogen-bond acceptors (Lipinski definition) is 8. The number of hydrogen-bond donors (Lipinski definition) is 1. The SMILES string of the molecule is CC(C)S(=O)(=O)c1ccc(CC(=O)Nc2nnc(CS(=O)(=O)c3ccccc3)o2)cc1. The van der Waals surface area contributed by atoms with Crippen molar-refractivity contribution in [1.29, 1.82) is 0 Å². The van der Waals surface area contributed by atoms with Crippen LogP contribution in [0.25, 0.3) is 0 Å². The van der Waals surface area contributed by atoms with Gasteiger partial charge in [0.2, 0.25) is 11.8 Å². The van der Waals surface area contributed by atoms with E-state index < -0.39 is 36.6 Å². The van der Waals surface area contributed by atoms with Gasteiger partial charge >= 0.3 is 6.01 Å². The van der Waals surface area contributed by atoms with Crippen LogP contribution in [0.4, 0.5) is 6.01 Å². The first-order chi connectivity index (χ1) is 14.6. The van der Waals surface area contributed by atoms with E-state index in [0.29, 0.717) is 5.56 Å². The Kier molecular flexibility index (Phi) is 6.56. The third kappa shape index (κ3) is 5.56. The Balaban J connectivity index is 1.61. The first-order valence-corrected chi connectivity index (χ1v) is 12.5. The molecule has 0 fully saturated rings. The zero-order chi connectivity index (χ0) is 22.6. The predicted octanol–water partition coefficient (Wildman–Crippen LogP) is 2.41. The molecule has 0 aliphatic rings. The van der Waals surface area contributed by atoms with Gasteiger partial charge in [0.05, 0.1) is 21.5 Å². The lowest BCUT2D eigenvalue weighted by molar-refractivity contribution is -0.115. The number of nitrogens with zero attached hydrogens (tertiary/aromatic N) is 2. The van der Waals surface area contributed by atoms with Gasteiger partial charge in [0.15, 0.2) is 19.7 Å². The van der Waals surface area contributed by atoms with Crippen LogP contribution in [0.3, 0.4) is 0 Å². The summed E-state index contributed by atoms with van der Waals surface area (Å²) in [6.07, 6.45) is -0.0535. The van der Waals surface area contributed by atoms with Gasteiger partial charge in [-0.15, -0.1) is 5.10 Å². The van der Waals surface area contributed by atoms with Crippen molar-refractivity contribution in [2.24, 2.45) is 0 Å². The molecule has 0 bridgehead atoms. The van der Waals surface area contributed by atoms with Gasteiger partial charge < -0.3 is 4.42 Å². The largest absolute Gasteiger partial charge is 0.407 e. The molecule has 0 radical (unpaired) electrons. The summed E-state index contributed by atoms with van der Waals surface area (Å²) >= 11 is 0. The highest BCUT2D eigenvalue weighted by atomic mass is 32.2. The summed E-state index contributed by atoms with van der Waals surface area (Å²) in [5.41, 5.74) is 0.589. The summed E-state index contributed by atoms with van der Waals surface area (Å²) in [5, 5.41) is 9.18. The first-order valence-electron chi connectivity index (χ1n) is 9.31. The van der Waals surface area contributed by atoms with Crippen LogP contribution in [-0.2, 0) is 36.6 Å². The number of benzene rings is 2. The van der Waals surface area contributed by atoms with Crippen molar-refractivity contribution < 1.29 is 26.0 Å². The highest BCUT2D eigenvalue weighted by molar-refractivity contribution is 7.92. The van der Waals surface area contributed by atoms with Crippen molar-refractivity contribution in [3.8, 4) is 0 Å². The maximum absolute atomic E-state index is 12.4. The number of aromatic nitrogens is 2. The zero-order valence-corrected chi connectivity index (χ0v) is 18.5. The Labute approximate surface area is 180 Å². The summed E-state index contributed by atoms with van der Waals surface area (Å²) in [5.74, 6) is -1.12. The van der Waals surface area contributed by atoms with Gasteiger partial charge in [-0.1, -0.05) is 35.4 Å². The monoisotopic (exact) mass is 463 g/mol. The molecule has 164 valence electrons. The molecule has 1 aromatic heterocycles. The van der Waals surface area contributed by atoms with E-state index in [-0.39, 0.29) is 28.1 Å². The fraction of sp³-hybridized carbons (Fsp3) is 0.250. The van der Waals surface area contributed by atoms with Crippen LogP contribution < -0.4 is 5.32 Å². The van der Waals surface area contributed by atoms with E-state index in [1.807, 2.05) is 0 Å². The third-order valence-corrected chi connectivity index (χ3v) is 8.15. The molecule has 2 aromatic carbocycles. The lowest BCUT2D eigenvalue weighted by atomic mass is 10.1. The topological polar surface area (TPSA) is 136 Å². The van der Waals surface area contributed by atoms with E-state index in [1.165, 1.54) is 24.3 Å². The Hall–Kier alpha value is -3.05. The zero-order valence-electron chi connectivity index (χ0n) is 16.8. The number of rotatable bonds is 8. The Morgan fingerprint density at radius 1 is 0.935 bits per heavy atom. The minimum atomic E-state index is -3.66. The highest BCUT2D eigenvalue weighted by Crippen LogP contribution is 2.18. The van der Waals surface area contributed by atoms with Crippen molar-refractivity contribution in [3.63, 3.8) is 0 Å². The lowest BCUT2D eigenvalue weighted by Gasteiger charge is -2.08. The number of carbonyl (C=O) groups excluding carboxylic acids is 1. The Morgan fingerprint density at radius 2 is 1.58 bits per heavy atom. The van der Waals surface area contributed by atoms with Crippen LogP contribution in [0.2, 0.25) is 0 Å². The minimum Gasteiger partial charge on any atom is -0.407 e. The molecule has 9 nitrogen and oxygen atoms in total. The number of amides is 1. The van der Waals surface area contributed by atoms with Gasteiger partial charge in [-0.05, 0) is 43.7 Å². The van der Waals surface area contributed by atoms with Gasteiger partial charge in [-0.2, -0.15) is 0 Å². The van der Waals surface area contributed by atoms with Crippen LogP contribution in [0.5, 0.6) is 0 Å². The standard InChI is InChI=1S/C20H21N3O6S2/c1-14(2)31(27,28)17-10-8-15(9-11-17)12-18(24)21-20-23-22-19(29-20)13-30(25,26)16-6-4-3-5-7-16/h3-11,14H,12-13H2,1-2H3,(H,21,23,24). The van der Waals surface area contributed by atoms with Gasteiger partial charge in [0.25, 0.3) is 0 Å². The average molecular weight is 464 g/mol. The maximum atomic E-state index is 12.4. The van der Waals surface area contributed by atoms with Crippen LogP contribution in [0, 0.1) is 0 Å². The molecule has 0 atom stereocenters. The smallest absolute Gasteiger partial charge is 0.322 e. The minimum absolute atomic E-state index is 0.0535. The van der Waals surface area contributed by atoms with E-state index in [9.17, 15) is 21.6 Å². The number of nitrogens with one attached hydrogen (secondary N) is 1. The maximum Gasteiger partial charge on any atom is 0.322 e. The molecule has 11 heteroatoms. The van der Waals surface area contributed by atoms with Crippen molar-refractivity contribution in [3.05, 3.63) is 66.1 Å². The summed E-state index contributed by atoms with van der Waals surface area (Å²) in [6, 6.07) is 13.7. The van der Waals surface area contributed by atoms with E-state index in [1.54, 1.807) is 44.2 Å². The average Bonchev–Trinajstić information content (AvgIpc) is 3.14. The van der Waals surface area contributed by atoms with Crippen LogP contribution in [0.15, 0.2) is 68.8 Å². The Bertz CT molecular complexity index is 1270. The van der Waals surface area contributed by atoms with Gasteiger partial charge in [0.1, 0.15) is 5.75 Å². The van der Waals surface area contributed by atoms with E-state index in [0.717, 1.165) is 0 Å². The van der Waals surface area contributed by atoms with Crippen molar-refractivity contribution in [1.82, 2.24) is 10.2 Å². The first kappa shape index (κ1) is 22.6. The quantitative estimate of drug-likeness (QED) is 0.538. The second kappa shape index (κ2) is 8.98. The molecule has 0 saturated heterocycles. The normalized spacial score (nSPS) is 12.1.